The second kappa shape index (κ2) is 9.56. The van der Waals surface area contributed by atoms with Gasteiger partial charge in [0, 0.05) is 21.8 Å². The Balaban J connectivity index is 1.63. The Bertz CT molecular complexity index is 905. The minimum Gasteiger partial charge on any atom is -0.448 e. The lowest BCUT2D eigenvalue weighted by molar-refractivity contribution is 0.0618. The van der Waals surface area contributed by atoms with Gasteiger partial charge in [-0.2, -0.15) is 0 Å². The lowest BCUT2D eigenvalue weighted by Crippen LogP contribution is -2.48. The number of nitrogens with zero attached hydrogens (tertiary/aromatic N) is 1. The van der Waals surface area contributed by atoms with Crippen LogP contribution in [0.4, 0.5) is 0 Å². The molecule has 3 rings (SSSR count). The third-order valence-corrected chi connectivity index (χ3v) is 5.75. The fraction of sp³-hybridized carbons (Fsp3) is 0.318. The molecule has 0 radical (unpaired) electrons. The number of oxazole rings is 1. The van der Waals surface area contributed by atoms with E-state index in [0.29, 0.717) is 5.56 Å². The van der Waals surface area contributed by atoms with Crippen LogP contribution >= 0.6 is 11.8 Å². The number of aliphatic hydroxyl groups is 3. The van der Waals surface area contributed by atoms with Gasteiger partial charge in [-0.1, -0.05) is 43.0 Å². The van der Waals surface area contributed by atoms with Gasteiger partial charge in [0.1, 0.15) is 12.0 Å². The smallest absolute Gasteiger partial charge is 0.194 e. The molecule has 5 N–H and O–H groups in total. The minimum atomic E-state index is -1.20. The van der Waals surface area contributed by atoms with Crippen molar-refractivity contribution >= 4 is 11.8 Å². The van der Waals surface area contributed by atoms with Crippen molar-refractivity contribution in [1.29, 1.82) is 0 Å². The summed E-state index contributed by atoms with van der Waals surface area (Å²) in [7, 11) is 0. The molecule has 0 fully saturated rings. The highest BCUT2D eigenvalue weighted by Crippen LogP contribution is 2.31. The number of aryl methyl sites for hydroxylation is 1. The summed E-state index contributed by atoms with van der Waals surface area (Å²) in [6.07, 6.45) is 1.67. The van der Waals surface area contributed by atoms with Gasteiger partial charge in [0.05, 0.1) is 24.9 Å². The molecular weight excluding hydrogens is 388 g/mol. The van der Waals surface area contributed by atoms with E-state index >= 15 is 0 Å². The standard InChI is InChI=1S/C22H26N2O4S/c1-2-21-24-19(12-28-21)15-3-7-17(8-4-15)29-18-9-5-16(6-10-18)20(27)11-22(23,13-25)14-26/h3-10,12,20,25-27H,2,11,13-14,23H2,1H3. The number of rotatable bonds is 9. The van der Waals surface area contributed by atoms with E-state index < -0.39 is 24.9 Å². The van der Waals surface area contributed by atoms with E-state index in [1.54, 1.807) is 18.0 Å². The summed E-state index contributed by atoms with van der Waals surface area (Å²) < 4.78 is 5.40. The average Bonchev–Trinajstić information content (AvgIpc) is 3.24. The van der Waals surface area contributed by atoms with Crippen LogP contribution in [0.25, 0.3) is 11.3 Å². The number of hydrogen-bond donors (Lipinski definition) is 4. The fourth-order valence-corrected chi connectivity index (χ4v) is 3.69. The van der Waals surface area contributed by atoms with Crippen molar-refractivity contribution in [2.24, 2.45) is 5.73 Å². The van der Waals surface area contributed by atoms with E-state index in [1.807, 2.05) is 55.5 Å². The van der Waals surface area contributed by atoms with Crippen molar-refractivity contribution in [1.82, 2.24) is 4.98 Å². The zero-order chi connectivity index (χ0) is 20.9. The van der Waals surface area contributed by atoms with Crippen LogP contribution in [0.1, 0.15) is 30.9 Å². The summed E-state index contributed by atoms with van der Waals surface area (Å²) in [6.45, 7) is 1.22. The molecule has 154 valence electrons. The molecular formula is C22H26N2O4S. The van der Waals surface area contributed by atoms with Crippen LogP contribution in [0, 0.1) is 0 Å². The van der Waals surface area contributed by atoms with Crippen molar-refractivity contribution in [3.63, 3.8) is 0 Å². The molecule has 0 amide bonds. The molecule has 3 aromatic rings. The monoisotopic (exact) mass is 414 g/mol. The van der Waals surface area contributed by atoms with Gasteiger partial charge in [-0.15, -0.1) is 0 Å². The lowest BCUT2D eigenvalue weighted by Gasteiger charge is -2.27. The average molecular weight is 415 g/mol. The van der Waals surface area contributed by atoms with Crippen LogP contribution in [-0.2, 0) is 6.42 Å². The Morgan fingerprint density at radius 1 is 1.03 bits per heavy atom. The van der Waals surface area contributed by atoms with E-state index in [1.165, 1.54) is 0 Å². The molecule has 1 atom stereocenters. The van der Waals surface area contributed by atoms with Gasteiger partial charge in [-0.25, -0.2) is 4.98 Å². The zero-order valence-electron chi connectivity index (χ0n) is 16.3. The van der Waals surface area contributed by atoms with Crippen LogP contribution in [0.5, 0.6) is 0 Å². The first-order chi connectivity index (χ1) is 14.0. The zero-order valence-corrected chi connectivity index (χ0v) is 17.1. The maximum Gasteiger partial charge on any atom is 0.194 e. The van der Waals surface area contributed by atoms with Gasteiger partial charge < -0.3 is 25.5 Å². The van der Waals surface area contributed by atoms with E-state index in [4.69, 9.17) is 10.2 Å². The molecule has 0 bridgehead atoms. The molecule has 0 aliphatic carbocycles. The van der Waals surface area contributed by atoms with E-state index in [9.17, 15) is 15.3 Å². The van der Waals surface area contributed by atoms with Crippen molar-refractivity contribution in [3.8, 4) is 11.3 Å². The molecule has 1 unspecified atom stereocenters. The van der Waals surface area contributed by atoms with Gasteiger partial charge in [-0.3, -0.25) is 0 Å². The summed E-state index contributed by atoms with van der Waals surface area (Å²) in [5.74, 6) is 0.727. The molecule has 1 heterocycles. The summed E-state index contributed by atoms with van der Waals surface area (Å²) in [5.41, 5.74) is 7.19. The molecule has 0 spiro atoms. The second-order valence-corrected chi connectivity index (χ2v) is 8.22. The lowest BCUT2D eigenvalue weighted by atomic mass is 9.92. The van der Waals surface area contributed by atoms with Crippen LogP contribution in [0.2, 0.25) is 0 Å². The van der Waals surface area contributed by atoms with E-state index in [0.717, 1.165) is 33.4 Å². The largest absolute Gasteiger partial charge is 0.448 e. The van der Waals surface area contributed by atoms with Crippen molar-refractivity contribution < 1.29 is 19.7 Å². The number of nitrogens with two attached hydrogens (primary N) is 1. The van der Waals surface area contributed by atoms with Crippen LogP contribution < -0.4 is 5.73 Å². The van der Waals surface area contributed by atoms with Gasteiger partial charge in [-0.05, 0) is 36.2 Å². The van der Waals surface area contributed by atoms with Crippen LogP contribution in [0.15, 0.2) is 69.0 Å². The first-order valence-corrected chi connectivity index (χ1v) is 10.3. The van der Waals surface area contributed by atoms with Crippen molar-refractivity contribution in [2.75, 3.05) is 13.2 Å². The van der Waals surface area contributed by atoms with Crippen molar-refractivity contribution in [2.45, 2.75) is 41.2 Å². The SMILES string of the molecule is CCc1nc(-c2ccc(Sc3ccc(C(O)CC(N)(CO)CO)cc3)cc2)co1. The third-order valence-electron chi connectivity index (χ3n) is 4.73. The summed E-state index contributed by atoms with van der Waals surface area (Å²) >= 11 is 1.61. The molecule has 0 saturated carbocycles. The molecule has 7 heteroatoms. The number of hydrogen-bond acceptors (Lipinski definition) is 7. The topological polar surface area (TPSA) is 113 Å². The number of aromatic nitrogens is 1. The second-order valence-electron chi connectivity index (χ2n) is 7.07. The summed E-state index contributed by atoms with van der Waals surface area (Å²) in [5, 5.41) is 28.9. The van der Waals surface area contributed by atoms with Crippen LogP contribution in [0.3, 0.4) is 0 Å². The maximum absolute atomic E-state index is 10.3. The highest BCUT2D eigenvalue weighted by Gasteiger charge is 2.27. The normalized spacial score (nSPS) is 12.9. The fourth-order valence-electron chi connectivity index (χ4n) is 2.88. The molecule has 6 nitrogen and oxygen atoms in total. The quantitative estimate of drug-likeness (QED) is 0.425. The van der Waals surface area contributed by atoms with Gasteiger partial charge in [0.2, 0.25) is 0 Å². The molecule has 1 aromatic heterocycles. The summed E-state index contributed by atoms with van der Waals surface area (Å²) in [6, 6.07) is 15.6. The number of benzene rings is 2. The highest BCUT2D eigenvalue weighted by molar-refractivity contribution is 7.99. The number of aliphatic hydroxyl groups excluding tert-OH is 3. The first kappa shape index (κ1) is 21.5. The minimum absolute atomic E-state index is 0.0791. The predicted molar refractivity (Wildman–Crippen MR) is 113 cm³/mol. The highest BCUT2D eigenvalue weighted by atomic mass is 32.2. The van der Waals surface area contributed by atoms with Gasteiger partial charge in [0.15, 0.2) is 5.89 Å². The molecule has 0 aliphatic heterocycles. The Morgan fingerprint density at radius 3 is 2.14 bits per heavy atom. The van der Waals surface area contributed by atoms with Gasteiger partial charge in [0.25, 0.3) is 0 Å². The molecule has 0 aliphatic rings. The first-order valence-electron chi connectivity index (χ1n) is 9.47. The third kappa shape index (κ3) is 5.46. The molecule has 2 aromatic carbocycles. The Hall–Kier alpha value is -2.16. The summed E-state index contributed by atoms with van der Waals surface area (Å²) in [4.78, 5) is 6.56. The Labute approximate surface area is 174 Å². The molecule has 0 saturated heterocycles. The Morgan fingerprint density at radius 2 is 1.62 bits per heavy atom. The van der Waals surface area contributed by atoms with Crippen LogP contribution in [-0.4, -0.2) is 39.1 Å². The Kier molecular flexibility index (Phi) is 7.10. The maximum atomic E-state index is 10.3. The van der Waals surface area contributed by atoms with E-state index in [2.05, 4.69) is 4.98 Å². The van der Waals surface area contributed by atoms with Crippen molar-refractivity contribution in [3.05, 3.63) is 66.2 Å². The predicted octanol–water partition coefficient (Wildman–Crippen LogP) is 3.16. The molecule has 29 heavy (non-hydrogen) atoms. The van der Waals surface area contributed by atoms with E-state index in [-0.39, 0.29) is 6.42 Å². The van der Waals surface area contributed by atoms with Gasteiger partial charge >= 0.3 is 0 Å².